The summed E-state index contributed by atoms with van der Waals surface area (Å²) in [6.07, 6.45) is 1.13. The van der Waals surface area contributed by atoms with Gasteiger partial charge in [0.05, 0.1) is 5.75 Å². The molecule has 1 amide bonds. The third-order valence-corrected chi connectivity index (χ3v) is 3.46. The van der Waals surface area contributed by atoms with E-state index in [0.29, 0.717) is 11.8 Å². The molecular weight excluding hydrogens is 232 g/mol. The fraction of sp³-hybridized carbons (Fsp3) is 0.462. The lowest BCUT2D eigenvalue weighted by molar-refractivity contribution is -0.115. The zero-order chi connectivity index (χ0) is 12.7. The first-order valence-electron chi connectivity index (χ1n) is 5.88. The number of nitrogens with one attached hydrogen (secondary N) is 1. The van der Waals surface area contributed by atoms with Crippen molar-refractivity contribution in [1.29, 1.82) is 0 Å². The van der Waals surface area contributed by atoms with Crippen molar-refractivity contribution in [3.8, 4) is 0 Å². The normalized spacial score (nSPS) is 12.4. The van der Waals surface area contributed by atoms with E-state index >= 15 is 0 Å². The molecule has 0 aliphatic rings. The van der Waals surface area contributed by atoms with Crippen LogP contribution >= 0.6 is 11.8 Å². The highest BCUT2D eigenvalue weighted by atomic mass is 32.2. The summed E-state index contributed by atoms with van der Waals surface area (Å²) in [4.78, 5) is 11.8. The van der Waals surface area contributed by atoms with Crippen LogP contribution in [0.4, 0.5) is 0 Å². The molecular formula is C13H20N2OS. The Morgan fingerprint density at radius 1 is 1.53 bits per heavy atom. The van der Waals surface area contributed by atoms with Gasteiger partial charge in [0, 0.05) is 10.9 Å². The molecule has 4 heteroatoms. The summed E-state index contributed by atoms with van der Waals surface area (Å²) in [6.45, 7) is 5.31. The van der Waals surface area contributed by atoms with Gasteiger partial charge in [-0.25, -0.2) is 0 Å². The van der Waals surface area contributed by atoms with Gasteiger partial charge in [0.1, 0.15) is 0 Å². The largest absolute Gasteiger partial charge is 0.369 e. The second kappa shape index (κ2) is 7.35. The van der Waals surface area contributed by atoms with E-state index in [2.05, 4.69) is 31.3 Å². The van der Waals surface area contributed by atoms with E-state index in [1.54, 1.807) is 0 Å². The lowest BCUT2D eigenvalue weighted by atomic mass is 10.1. The molecule has 0 saturated heterocycles. The molecule has 94 valence electrons. The maximum Gasteiger partial charge on any atom is 0.227 e. The first-order chi connectivity index (χ1) is 8.13. The van der Waals surface area contributed by atoms with Crippen molar-refractivity contribution in [3.05, 3.63) is 29.8 Å². The Kier molecular flexibility index (Phi) is 6.08. The maximum atomic E-state index is 10.7. The summed E-state index contributed by atoms with van der Waals surface area (Å²) in [5.41, 5.74) is 6.38. The van der Waals surface area contributed by atoms with Gasteiger partial charge in [0.2, 0.25) is 5.91 Å². The molecule has 3 nitrogen and oxygen atoms in total. The second-order valence-corrected chi connectivity index (χ2v) is 5.05. The molecule has 0 spiro atoms. The molecule has 17 heavy (non-hydrogen) atoms. The number of rotatable bonds is 7. The van der Waals surface area contributed by atoms with E-state index in [4.69, 9.17) is 5.73 Å². The summed E-state index contributed by atoms with van der Waals surface area (Å²) in [5, 5.41) is 3.44. The molecule has 1 aromatic carbocycles. The molecule has 1 atom stereocenters. The maximum absolute atomic E-state index is 10.7. The van der Waals surface area contributed by atoms with Gasteiger partial charge >= 0.3 is 0 Å². The van der Waals surface area contributed by atoms with Gasteiger partial charge in [-0.2, -0.15) is 0 Å². The number of nitrogens with two attached hydrogens (primary N) is 1. The highest BCUT2D eigenvalue weighted by Gasteiger charge is 2.05. The van der Waals surface area contributed by atoms with E-state index < -0.39 is 0 Å². The molecule has 3 N–H and O–H groups in total. The predicted molar refractivity (Wildman–Crippen MR) is 73.1 cm³/mol. The molecule has 1 unspecified atom stereocenters. The number of hydrogen-bond acceptors (Lipinski definition) is 3. The van der Waals surface area contributed by atoms with Gasteiger partial charge in [-0.05, 0) is 37.6 Å². The van der Waals surface area contributed by atoms with Crippen LogP contribution in [-0.2, 0) is 4.79 Å². The van der Waals surface area contributed by atoms with E-state index in [0.717, 1.165) is 17.9 Å². The van der Waals surface area contributed by atoms with Crippen LogP contribution in [0.5, 0.6) is 0 Å². The molecule has 0 saturated carbocycles. The topological polar surface area (TPSA) is 55.1 Å². The highest BCUT2D eigenvalue weighted by Crippen LogP contribution is 2.22. The number of amides is 1. The van der Waals surface area contributed by atoms with Gasteiger partial charge in [0.25, 0.3) is 0 Å². The van der Waals surface area contributed by atoms with Crippen molar-refractivity contribution < 1.29 is 4.79 Å². The van der Waals surface area contributed by atoms with Gasteiger partial charge in [-0.1, -0.05) is 19.1 Å². The lowest BCUT2D eigenvalue weighted by Crippen LogP contribution is -2.19. The first kappa shape index (κ1) is 14.1. The number of carbonyl (C=O) groups excluding carboxylic acids is 1. The van der Waals surface area contributed by atoms with Crippen molar-refractivity contribution >= 4 is 17.7 Å². The van der Waals surface area contributed by atoms with Crippen LogP contribution in [0, 0.1) is 0 Å². The molecule has 0 aromatic heterocycles. The first-order valence-corrected chi connectivity index (χ1v) is 6.86. The summed E-state index contributed by atoms with van der Waals surface area (Å²) in [6, 6.07) is 8.57. The predicted octanol–water partition coefficient (Wildman–Crippen LogP) is 2.32. The second-order valence-electron chi connectivity index (χ2n) is 4.00. The smallest absolute Gasteiger partial charge is 0.227 e. The van der Waals surface area contributed by atoms with Crippen molar-refractivity contribution in [3.63, 3.8) is 0 Å². The van der Waals surface area contributed by atoms with Crippen LogP contribution in [-0.4, -0.2) is 18.2 Å². The number of hydrogen-bond donors (Lipinski definition) is 2. The third kappa shape index (κ3) is 5.24. The van der Waals surface area contributed by atoms with Crippen LogP contribution < -0.4 is 11.1 Å². The van der Waals surface area contributed by atoms with E-state index in [-0.39, 0.29) is 5.91 Å². The molecule has 0 bridgehead atoms. The summed E-state index contributed by atoms with van der Waals surface area (Å²) < 4.78 is 0. The Morgan fingerprint density at radius 3 is 2.94 bits per heavy atom. The van der Waals surface area contributed by atoms with Crippen molar-refractivity contribution in [2.24, 2.45) is 5.73 Å². The Balaban J connectivity index is 2.61. The average molecular weight is 252 g/mol. The third-order valence-electron chi connectivity index (χ3n) is 2.44. The minimum Gasteiger partial charge on any atom is -0.369 e. The van der Waals surface area contributed by atoms with Gasteiger partial charge in [-0.15, -0.1) is 11.8 Å². The van der Waals surface area contributed by atoms with E-state index in [1.807, 2.05) is 12.1 Å². The number of thioether (sulfide) groups is 1. The molecule has 0 aliphatic carbocycles. The quantitative estimate of drug-likeness (QED) is 0.732. The van der Waals surface area contributed by atoms with Crippen molar-refractivity contribution in [2.45, 2.75) is 31.2 Å². The Morgan fingerprint density at radius 2 is 2.29 bits per heavy atom. The fourth-order valence-corrected chi connectivity index (χ4v) is 2.21. The number of benzene rings is 1. The van der Waals surface area contributed by atoms with Crippen molar-refractivity contribution in [2.75, 3.05) is 12.3 Å². The molecule has 0 heterocycles. The zero-order valence-corrected chi connectivity index (χ0v) is 11.2. The van der Waals surface area contributed by atoms with Crippen LogP contribution in [0.3, 0.4) is 0 Å². The minimum atomic E-state index is -0.280. The fourth-order valence-electron chi connectivity index (χ4n) is 1.51. The number of carbonyl (C=O) groups is 1. The molecule has 0 radical (unpaired) electrons. The lowest BCUT2D eigenvalue weighted by Gasteiger charge is -2.14. The number of primary amides is 1. The van der Waals surface area contributed by atoms with Crippen LogP contribution in [0.15, 0.2) is 29.2 Å². The summed E-state index contributed by atoms with van der Waals surface area (Å²) in [5.74, 6) is 0.0535. The Labute approximate surface area is 107 Å². The van der Waals surface area contributed by atoms with Gasteiger partial charge in [-0.3, -0.25) is 4.79 Å². The Bertz CT molecular complexity index is 368. The average Bonchev–Trinajstić information content (AvgIpc) is 2.33. The molecule has 0 aliphatic heterocycles. The highest BCUT2D eigenvalue weighted by molar-refractivity contribution is 8.00. The summed E-state index contributed by atoms with van der Waals surface area (Å²) in [7, 11) is 0. The van der Waals surface area contributed by atoms with Crippen LogP contribution in [0.25, 0.3) is 0 Å². The molecule has 1 rings (SSSR count). The minimum absolute atomic E-state index is 0.280. The monoisotopic (exact) mass is 252 g/mol. The van der Waals surface area contributed by atoms with Crippen LogP contribution in [0.2, 0.25) is 0 Å². The zero-order valence-electron chi connectivity index (χ0n) is 10.4. The van der Waals surface area contributed by atoms with Crippen LogP contribution in [0.1, 0.15) is 31.9 Å². The summed E-state index contributed by atoms with van der Waals surface area (Å²) >= 11 is 1.48. The van der Waals surface area contributed by atoms with Gasteiger partial charge in [0.15, 0.2) is 0 Å². The van der Waals surface area contributed by atoms with E-state index in [1.165, 1.54) is 17.3 Å². The van der Waals surface area contributed by atoms with Gasteiger partial charge < -0.3 is 11.1 Å². The molecule has 0 fully saturated rings. The molecule has 1 aromatic rings. The van der Waals surface area contributed by atoms with E-state index in [9.17, 15) is 4.79 Å². The SMILES string of the molecule is CCCNC(C)c1cccc(SCC(N)=O)c1. The standard InChI is InChI=1S/C13H20N2OS/c1-3-7-15-10(2)11-5-4-6-12(8-11)17-9-13(14)16/h4-6,8,10,15H,3,7,9H2,1-2H3,(H2,14,16). The Hall–Kier alpha value is -1.00. The van der Waals surface area contributed by atoms with Crippen molar-refractivity contribution in [1.82, 2.24) is 5.32 Å².